The Morgan fingerprint density at radius 3 is 2.70 bits per heavy atom. The highest BCUT2D eigenvalue weighted by Gasteiger charge is 2.23. The van der Waals surface area contributed by atoms with E-state index in [2.05, 4.69) is 5.16 Å². The molecule has 1 N–H and O–H groups in total. The average molecular weight is 404 g/mol. The molecule has 0 bridgehead atoms. The lowest BCUT2D eigenvalue weighted by Crippen LogP contribution is -2.26. The van der Waals surface area contributed by atoms with Gasteiger partial charge in [-0.25, -0.2) is 0 Å². The number of amidine groups is 1. The lowest BCUT2D eigenvalue weighted by Gasteiger charge is -2.17. The molecule has 0 saturated carbocycles. The van der Waals surface area contributed by atoms with Crippen LogP contribution in [0.4, 0.5) is 0 Å². The lowest BCUT2D eigenvalue weighted by atomic mass is 10.00. The number of Topliss-reactive ketones (excluding diaryl/α,β-unsaturated/α-hetero) is 1. The molecule has 7 heteroatoms. The van der Waals surface area contributed by atoms with Gasteiger partial charge in [0.1, 0.15) is 11.9 Å². The van der Waals surface area contributed by atoms with E-state index in [9.17, 15) is 4.79 Å². The Labute approximate surface area is 168 Å². The predicted octanol–water partition coefficient (Wildman–Crippen LogP) is 4.83. The third-order valence-electron chi connectivity index (χ3n) is 4.62. The zero-order valence-electron chi connectivity index (χ0n) is 15.4. The summed E-state index contributed by atoms with van der Waals surface area (Å²) < 4.78 is 0.628. The number of thiophene rings is 1. The molecular weight excluding hydrogens is 382 g/mol. The van der Waals surface area contributed by atoms with Crippen molar-refractivity contribution < 1.29 is 9.63 Å². The van der Waals surface area contributed by atoms with E-state index in [0.717, 1.165) is 23.4 Å². The van der Waals surface area contributed by atoms with E-state index in [1.165, 1.54) is 11.3 Å². The summed E-state index contributed by atoms with van der Waals surface area (Å²) in [6, 6.07) is 11.3. The van der Waals surface area contributed by atoms with Gasteiger partial charge in [-0.2, -0.15) is 0 Å². The SMILES string of the molecule is CCN(C)C(=N)c1ccc(C2=NOC(CCC(=O)c3ccc(Cl)s3)C2)cc1. The topological polar surface area (TPSA) is 65.8 Å². The molecule has 2 aromatic rings. The molecule has 142 valence electrons. The molecule has 0 aliphatic carbocycles. The van der Waals surface area contributed by atoms with Crippen molar-refractivity contribution in [2.24, 2.45) is 5.16 Å². The van der Waals surface area contributed by atoms with Gasteiger partial charge in [0.05, 0.1) is 14.9 Å². The van der Waals surface area contributed by atoms with Gasteiger partial charge in [0.2, 0.25) is 0 Å². The van der Waals surface area contributed by atoms with E-state index in [4.69, 9.17) is 21.8 Å². The van der Waals surface area contributed by atoms with E-state index >= 15 is 0 Å². The molecule has 0 radical (unpaired) electrons. The van der Waals surface area contributed by atoms with Crippen LogP contribution in [-0.2, 0) is 4.84 Å². The molecule has 0 saturated heterocycles. The highest BCUT2D eigenvalue weighted by atomic mass is 35.5. The molecule has 1 aliphatic heterocycles. The number of carbonyl (C=O) groups is 1. The fourth-order valence-electron chi connectivity index (χ4n) is 2.83. The number of oxime groups is 1. The van der Waals surface area contributed by atoms with E-state index in [0.29, 0.717) is 34.3 Å². The monoisotopic (exact) mass is 403 g/mol. The van der Waals surface area contributed by atoms with E-state index in [-0.39, 0.29) is 11.9 Å². The van der Waals surface area contributed by atoms with Crippen molar-refractivity contribution in [1.29, 1.82) is 5.41 Å². The van der Waals surface area contributed by atoms with Crippen molar-refractivity contribution in [3.05, 3.63) is 56.7 Å². The number of ketones is 1. The van der Waals surface area contributed by atoms with E-state index in [1.807, 2.05) is 43.1 Å². The molecule has 0 fully saturated rings. The van der Waals surface area contributed by atoms with Crippen LogP contribution < -0.4 is 0 Å². The molecule has 1 aromatic carbocycles. The first-order valence-corrected chi connectivity index (χ1v) is 10.1. The maximum absolute atomic E-state index is 12.2. The Morgan fingerprint density at radius 2 is 2.07 bits per heavy atom. The molecule has 5 nitrogen and oxygen atoms in total. The third-order valence-corrected chi connectivity index (χ3v) is 5.89. The van der Waals surface area contributed by atoms with Crippen LogP contribution >= 0.6 is 22.9 Å². The molecule has 0 spiro atoms. The first kappa shape index (κ1) is 19.6. The molecule has 0 amide bonds. The van der Waals surface area contributed by atoms with Crippen molar-refractivity contribution in [2.75, 3.05) is 13.6 Å². The minimum absolute atomic E-state index is 0.0800. The summed E-state index contributed by atoms with van der Waals surface area (Å²) in [6.45, 7) is 2.81. The highest BCUT2D eigenvalue weighted by Crippen LogP contribution is 2.25. The fraction of sp³-hybridized carbons (Fsp3) is 0.350. The van der Waals surface area contributed by atoms with Crippen LogP contribution in [0.15, 0.2) is 41.6 Å². The van der Waals surface area contributed by atoms with Crippen molar-refractivity contribution >= 4 is 40.3 Å². The van der Waals surface area contributed by atoms with Gasteiger partial charge in [0.15, 0.2) is 5.78 Å². The number of halogens is 1. The van der Waals surface area contributed by atoms with Crippen LogP contribution in [0.3, 0.4) is 0 Å². The molecule has 1 aliphatic rings. The second-order valence-corrected chi connectivity index (χ2v) is 8.19. The number of nitrogens with zero attached hydrogens (tertiary/aromatic N) is 2. The maximum atomic E-state index is 12.2. The summed E-state index contributed by atoms with van der Waals surface area (Å²) in [4.78, 5) is 20.3. The summed E-state index contributed by atoms with van der Waals surface area (Å²) in [5.74, 6) is 0.589. The van der Waals surface area contributed by atoms with Gasteiger partial charge >= 0.3 is 0 Å². The van der Waals surface area contributed by atoms with E-state index < -0.39 is 0 Å². The highest BCUT2D eigenvalue weighted by molar-refractivity contribution is 7.18. The quantitative estimate of drug-likeness (QED) is 0.409. The summed E-state index contributed by atoms with van der Waals surface area (Å²) in [6.07, 6.45) is 1.66. The summed E-state index contributed by atoms with van der Waals surface area (Å²) in [7, 11) is 1.90. The second-order valence-electron chi connectivity index (χ2n) is 6.48. The number of nitrogens with one attached hydrogen (secondary N) is 1. The molecule has 2 heterocycles. The van der Waals surface area contributed by atoms with Crippen LogP contribution in [0.1, 0.15) is 47.0 Å². The van der Waals surface area contributed by atoms with Crippen LogP contribution in [0.25, 0.3) is 0 Å². The minimum atomic E-state index is -0.0800. The van der Waals surface area contributed by atoms with Gasteiger partial charge in [-0.15, -0.1) is 11.3 Å². The minimum Gasteiger partial charge on any atom is -0.392 e. The number of rotatable bonds is 7. The molecule has 27 heavy (non-hydrogen) atoms. The van der Waals surface area contributed by atoms with Crippen molar-refractivity contribution in [3.63, 3.8) is 0 Å². The first-order chi connectivity index (χ1) is 13.0. The van der Waals surface area contributed by atoms with Crippen LogP contribution in [-0.4, -0.2) is 41.9 Å². The summed E-state index contributed by atoms with van der Waals surface area (Å²) in [5, 5.41) is 12.3. The fourth-order valence-corrected chi connectivity index (χ4v) is 3.84. The van der Waals surface area contributed by atoms with Crippen LogP contribution in [0.5, 0.6) is 0 Å². The van der Waals surface area contributed by atoms with Gasteiger partial charge < -0.3 is 9.74 Å². The normalized spacial score (nSPS) is 16.0. The molecule has 1 unspecified atom stereocenters. The smallest absolute Gasteiger partial charge is 0.172 e. The summed E-state index contributed by atoms with van der Waals surface area (Å²) >= 11 is 7.19. The van der Waals surface area contributed by atoms with Gasteiger partial charge in [-0.3, -0.25) is 10.2 Å². The third kappa shape index (κ3) is 4.76. The number of benzene rings is 1. The van der Waals surface area contributed by atoms with Crippen molar-refractivity contribution in [2.45, 2.75) is 32.3 Å². The standard InChI is InChI=1S/C20H22ClN3O2S/c1-3-24(2)20(22)14-6-4-13(5-7-14)16-12-15(26-23-16)8-9-17(25)18-10-11-19(21)27-18/h4-7,10-11,15,22H,3,8-9,12H2,1-2H3. The average Bonchev–Trinajstić information content (AvgIpc) is 3.34. The Bertz CT molecular complexity index is 860. The largest absolute Gasteiger partial charge is 0.392 e. The zero-order valence-corrected chi connectivity index (χ0v) is 16.9. The van der Waals surface area contributed by atoms with Crippen LogP contribution in [0.2, 0.25) is 4.34 Å². The molecule has 1 atom stereocenters. The predicted molar refractivity (Wildman–Crippen MR) is 110 cm³/mol. The van der Waals surface area contributed by atoms with Gasteiger partial charge in [-0.05, 0) is 31.0 Å². The van der Waals surface area contributed by atoms with Gasteiger partial charge in [-0.1, -0.05) is 41.0 Å². The molecular formula is C20H22ClN3O2S. The number of hydrogen-bond donors (Lipinski definition) is 1. The van der Waals surface area contributed by atoms with Gasteiger partial charge in [0, 0.05) is 32.0 Å². The number of hydrogen-bond acceptors (Lipinski definition) is 5. The summed E-state index contributed by atoms with van der Waals surface area (Å²) in [5.41, 5.74) is 2.75. The Balaban J connectivity index is 1.53. The molecule has 3 rings (SSSR count). The molecule has 1 aromatic heterocycles. The van der Waals surface area contributed by atoms with Crippen LogP contribution in [0, 0.1) is 5.41 Å². The van der Waals surface area contributed by atoms with Crippen molar-refractivity contribution in [3.8, 4) is 0 Å². The lowest BCUT2D eigenvalue weighted by molar-refractivity contribution is 0.0720. The number of carbonyl (C=O) groups excluding carboxylic acids is 1. The second kappa shape index (κ2) is 8.67. The van der Waals surface area contributed by atoms with Gasteiger partial charge in [0.25, 0.3) is 0 Å². The van der Waals surface area contributed by atoms with Crippen molar-refractivity contribution in [1.82, 2.24) is 4.90 Å². The van der Waals surface area contributed by atoms with E-state index in [1.54, 1.807) is 12.1 Å². The zero-order chi connectivity index (χ0) is 19.4. The Kier molecular flexibility index (Phi) is 6.29. The Hall–Kier alpha value is -2.18. The first-order valence-electron chi connectivity index (χ1n) is 8.89. The Morgan fingerprint density at radius 1 is 1.33 bits per heavy atom. The maximum Gasteiger partial charge on any atom is 0.172 e.